The van der Waals surface area contributed by atoms with Crippen molar-refractivity contribution in [2.45, 2.75) is 26.7 Å². The van der Waals surface area contributed by atoms with Gasteiger partial charge in [0.25, 0.3) is 11.8 Å². The van der Waals surface area contributed by atoms with E-state index >= 15 is 0 Å². The summed E-state index contributed by atoms with van der Waals surface area (Å²) in [5.41, 5.74) is 10.7. The second-order valence-electron chi connectivity index (χ2n) is 6.55. The summed E-state index contributed by atoms with van der Waals surface area (Å²) in [5.74, 6) is -0.479. The summed E-state index contributed by atoms with van der Waals surface area (Å²) in [7, 11) is 1.50. The number of imide groups is 1. The predicted molar refractivity (Wildman–Crippen MR) is 125 cm³/mol. The third kappa shape index (κ3) is 12.2. The van der Waals surface area contributed by atoms with Gasteiger partial charge in [-0.2, -0.15) is 0 Å². The normalized spacial score (nSPS) is 12.1. The highest BCUT2D eigenvalue weighted by molar-refractivity contribution is 6.21. The molecule has 0 fully saturated rings. The molecule has 1 heterocycles. The Bertz CT molecular complexity index is 572. The van der Waals surface area contributed by atoms with E-state index < -0.39 is 0 Å². The number of nitrogens with two attached hydrogens (primary N) is 2. The van der Waals surface area contributed by atoms with Crippen LogP contribution in [0.1, 0.15) is 47.4 Å². The summed E-state index contributed by atoms with van der Waals surface area (Å²) >= 11 is 0. The molecule has 0 unspecified atom stereocenters. The Balaban J connectivity index is 0.000000680. The number of carbonyl (C=O) groups is 2. The van der Waals surface area contributed by atoms with Crippen LogP contribution in [0.15, 0.2) is 24.3 Å². The lowest BCUT2D eigenvalue weighted by atomic mass is 10.1. The molecule has 2 rings (SSSR count). The van der Waals surface area contributed by atoms with Crippen molar-refractivity contribution in [2.75, 3.05) is 73.0 Å². The minimum Gasteiger partial charge on any atom is -0.379 e. The van der Waals surface area contributed by atoms with E-state index in [1.807, 2.05) is 6.92 Å². The Labute approximate surface area is 192 Å². The molecule has 9 nitrogen and oxygen atoms in total. The maximum atomic E-state index is 12.0. The van der Waals surface area contributed by atoms with Gasteiger partial charge in [-0.15, -0.1) is 0 Å². The average molecular weight is 456 g/mol. The van der Waals surface area contributed by atoms with Gasteiger partial charge in [-0.25, -0.2) is 0 Å². The molecular formula is C23H41N3O6. The fourth-order valence-electron chi connectivity index (χ4n) is 2.61. The second kappa shape index (κ2) is 21.0. The Hall–Kier alpha value is -1.88. The van der Waals surface area contributed by atoms with E-state index in [1.165, 1.54) is 11.9 Å². The smallest absolute Gasteiger partial charge is 0.261 e. The molecule has 9 heteroatoms. The molecule has 0 atom stereocenters. The van der Waals surface area contributed by atoms with E-state index in [1.54, 1.807) is 24.3 Å². The van der Waals surface area contributed by atoms with Crippen LogP contribution in [0.25, 0.3) is 0 Å². The maximum absolute atomic E-state index is 12.0. The van der Waals surface area contributed by atoms with Crippen LogP contribution in [0.4, 0.5) is 0 Å². The van der Waals surface area contributed by atoms with Crippen molar-refractivity contribution < 1.29 is 28.5 Å². The first-order chi connectivity index (χ1) is 15.7. The van der Waals surface area contributed by atoms with Crippen LogP contribution >= 0.6 is 0 Å². The van der Waals surface area contributed by atoms with E-state index in [0.29, 0.717) is 57.3 Å². The summed E-state index contributed by atoms with van der Waals surface area (Å²) in [6.45, 7) is 9.88. The molecule has 0 saturated heterocycles. The van der Waals surface area contributed by atoms with Crippen LogP contribution in [0.2, 0.25) is 0 Å². The van der Waals surface area contributed by atoms with Gasteiger partial charge in [0.15, 0.2) is 0 Å². The van der Waals surface area contributed by atoms with Gasteiger partial charge in [-0.3, -0.25) is 14.5 Å². The minimum absolute atomic E-state index is 0.239. The molecule has 184 valence electrons. The van der Waals surface area contributed by atoms with Gasteiger partial charge in [0.2, 0.25) is 0 Å². The number of amides is 2. The summed E-state index contributed by atoms with van der Waals surface area (Å²) < 4.78 is 20.9. The van der Waals surface area contributed by atoms with Crippen LogP contribution in [0.3, 0.4) is 0 Å². The van der Waals surface area contributed by atoms with E-state index in [9.17, 15) is 9.59 Å². The van der Waals surface area contributed by atoms with Crippen molar-refractivity contribution in [1.29, 1.82) is 0 Å². The lowest BCUT2D eigenvalue weighted by Crippen LogP contribution is -2.33. The summed E-state index contributed by atoms with van der Waals surface area (Å²) in [6, 6.07) is 6.87. The molecule has 0 bridgehead atoms. The highest BCUT2D eigenvalue weighted by Gasteiger charge is 2.34. The Kier molecular flexibility index (Phi) is 19.8. The molecule has 1 aromatic carbocycles. The van der Waals surface area contributed by atoms with Crippen LogP contribution in [0.5, 0.6) is 0 Å². The quantitative estimate of drug-likeness (QED) is 0.302. The molecule has 32 heavy (non-hydrogen) atoms. The number of rotatable bonds is 15. The predicted octanol–water partition coefficient (Wildman–Crippen LogP) is 1.69. The topological polar surface area (TPSA) is 126 Å². The molecule has 0 spiro atoms. The van der Waals surface area contributed by atoms with Crippen molar-refractivity contribution in [1.82, 2.24) is 4.90 Å². The molecule has 2 amide bonds. The molecule has 0 radical (unpaired) electrons. The van der Waals surface area contributed by atoms with Gasteiger partial charge >= 0.3 is 0 Å². The van der Waals surface area contributed by atoms with Gasteiger partial charge < -0.3 is 30.4 Å². The van der Waals surface area contributed by atoms with E-state index in [-0.39, 0.29) is 18.4 Å². The second-order valence-corrected chi connectivity index (χ2v) is 6.55. The number of hydrogen-bond acceptors (Lipinski definition) is 8. The van der Waals surface area contributed by atoms with Crippen LogP contribution in [-0.4, -0.2) is 89.7 Å². The molecule has 0 aliphatic carbocycles. The van der Waals surface area contributed by atoms with Gasteiger partial charge in [0.05, 0.1) is 57.3 Å². The number of ether oxygens (including phenoxy) is 4. The standard InChI is InChI=1S/C15H19NO4.C7H17NO2.CH5N/c1-2-8-19-10-11-20-9-7-16-14(17)12-5-3-4-6-13(12)15(16)18;1-2-4-9-6-7-10-5-3-8;1-2/h3-6H,2,7-11H2,1H3;2-8H2,1H3;2H2,1H3. The highest BCUT2D eigenvalue weighted by Crippen LogP contribution is 2.21. The monoisotopic (exact) mass is 455 g/mol. The maximum Gasteiger partial charge on any atom is 0.261 e. The Morgan fingerprint density at radius 3 is 1.50 bits per heavy atom. The number of benzene rings is 1. The SMILES string of the molecule is CCCOCCOCCN.CCCOCCOCCN1C(=O)c2ccccc2C1=O.CN. The van der Waals surface area contributed by atoms with Crippen LogP contribution in [0, 0.1) is 0 Å². The Morgan fingerprint density at radius 1 is 0.688 bits per heavy atom. The molecule has 1 aliphatic heterocycles. The number of fused-ring (bicyclic) bond motifs is 1. The summed E-state index contributed by atoms with van der Waals surface area (Å²) in [4.78, 5) is 25.3. The minimum atomic E-state index is -0.239. The number of hydrogen-bond donors (Lipinski definition) is 2. The highest BCUT2D eigenvalue weighted by atomic mass is 16.5. The zero-order chi connectivity index (χ0) is 24.0. The fourth-order valence-corrected chi connectivity index (χ4v) is 2.61. The molecule has 4 N–H and O–H groups in total. The van der Waals surface area contributed by atoms with Gasteiger partial charge in [-0.05, 0) is 32.0 Å². The molecule has 1 aromatic rings. The first-order valence-electron chi connectivity index (χ1n) is 11.2. The third-order valence-corrected chi connectivity index (χ3v) is 4.04. The van der Waals surface area contributed by atoms with Gasteiger partial charge in [0.1, 0.15) is 0 Å². The zero-order valence-corrected chi connectivity index (χ0v) is 19.8. The van der Waals surface area contributed by atoms with E-state index in [4.69, 9.17) is 24.7 Å². The zero-order valence-electron chi connectivity index (χ0n) is 19.8. The summed E-state index contributed by atoms with van der Waals surface area (Å²) in [5, 5.41) is 0. The average Bonchev–Trinajstić information content (AvgIpc) is 3.07. The largest absolute Gasteiger partial charge is 0.379 e. The third-order valence-electron chi connectivity index (χ3n) is 4.04. The van der Waals surface area contributed by atoms with E-state index in [2.05, 4.69) is 12.7 Å². The van der Waals surface area contributed by atoms with Crippen LogP contribution < -0.4 is 11.5 Å². The van der Waals surface area contributed by atoms with Gasteiger partial charge in [-0.1, -0.05) is 26.0 Å². The Morgan fingerprint density at radius 2 is 1.09 bits per heavy atom. The van der Waals surface area contributed by atoms with Gasteiger partial charge in [0, 0.05) is 19.8 Å². The first kappa shape index (κ1) is 30.1. The van der Waals surface area contributed by atoms with Crippen molar-refractivity contribution in [3.63, 3.8) is 0 Å². The molecule has 0 aromatic heterocycles. The number of carbonyl (C=O) groups excluding carboxylic acids is 2. The van der Waals surface area contributed by atoms with Crippen molar-refractivity contribution in [2.24, 2.45) is 11.5 Å². The van der Waals surface area contributed by atoms with E-state index in [0.717, 1.165) is 26.1 Å². The summed E-state index contributed by atoms with van der Waals surface area (Å²) in [6.07, 6.45) is 2.05. The van der Waals surface area contributed by atoms with Crippen molar-refractivity contribution in [3.8, 4) is 0 Å². The fraction of sp³-hybridized carbons (Fsp3) is 0.652. The molecular weight excluding hydrogens is 414 g/mol. The lowest BCUT2D eigenvalue weighted by molar-refractivity contribution is 0.0356. The lowest BCUT2D eigenvalue weighted by Gasteiger charge is -2.13. The van der Waals surface area contributed by atoms with Crippen LogP contribution in [-0.2, 0) is 18.9 Å². The number of nitrogens with zero attached hydrogens (tertiary/aromatic N) is 1. The first-order valence-corrected chi connectivity index (χ1v) is 11.2. The molecule has 1 aliphatic rings. The van der Waals surface area contributed by atoms with Crippen molar-refractivity contribution in [3.05, 3.63) is 35.4 Å². The molecule has 0 saturated carbocycles. The van der Waals surface area contributed by atoms with Crippen molar-refractivity contribution >= 4 is 11.8 Å².